The summed E-state index contributed by atoms with van der Waals surface area (Å²) < 4.78 is 0. The van der Waals surface area contributed by atoms with E-state index in [4.69, 9.17) is 5.26 Å². The third-order valence-electron chi connectivity index (χ3n) is 6.27. The Morgan fingerprint density at radius 1 is 1.23 bits per heavy atom. The molecule has 2 aromatic rings. The summed E-state index contributed by atoms with van der Waals surface area (Å²) >= 11 is 0. The average molecular weight is 403 g/mol. The number of carbonyl (C=O) groups is 1. The summed E-state index contributed by atoms with van der Waals surface area (Å²) in [7, 11) is 0. The average Bonchev–Trinajstić information content (AvgIpc) is 3.17. The number of aromatic nitrogens is 2. The second kappa shape index (κ2) is 8.74. The Labute approximate surface area is 176 Å². The molecule has 3 heterocycles. The molecule has 4 rings (SSSR count). The van der Waals surface area contributed by atoms with Crippen LogP contribution in [0, 0.1) is 31.1 Å². The molecule has 1 saturated carbocycles. The molecule has 7 heteroatoms. The van der Waals surface area contributed by atoms with Gasteiger partial charge < -0.3 is 5.32 Å². The van der Waals surface area contributed by atoms with E-state index in [1.54, 1.807) is 6.20 Å². The SMILES string of the molecule is Cc1c(C#N)cnc(C(=O)NC2CCC3NNC(/C=C/c4ccccn4)C3C2)c1C. The third-order valence-corrected chi connectivity index (χ3v) is 6.27. The van der Waals surface area contributed by atoms with Crippen molar-refractivity contribution < 1.29 is 4.79 Å². The lowest BCUT2D eigenvalue weighted by atomic mass is 9.79. The molecule has 1 aliphatic heterocycles. The van der Waals surface area contributed by atoms with Gasteiger partial charge in [-0.3, -0.25) is 20.6 Å². The second-order valence-electron chi connectivity index (χ2n) is 8.06. The van der Waals surface area contributed by atoms with Crippen LogP contribution in [0.4, 0.5) is 0 Å². The van der Waals surface area contributed by atoms with Crippen LogP contribution in [0.5, 0.6) is 0 Å². The highest BCUT2D eigenvalue weighted by atomic mass is 16.1. The molecule has 2 fully saturated rings. The molecule has 7 nitrogen and oxygen atoms in total. The zero-order chi connectivity index (χ0) is 21.1. The van der Waals surface area contributed by atoms with Crippen LogP contribution in [0.1, 0.15) is 52.1 Å². The first-order valence-corrected chi connectivity index (χ1v) is 10.3. The summed E-state index contributed by atoms with van der Waals surface area (Å²) in [6.45, 7) is 3.70. The summed E-state index contributed by atoms with van der Waals surface area (Å²) in [6.07, 6.45) is 10.3. The summed E-state index contributed by atoms with van der Waals surface area (Å²) in [5.41, 5.74) is 10.2. The number of hydrazine groups is 1. The van der Waals surface area contributed by atoms with E-state index in [1.165, 1.54) is 6.20 Å². The summed E-state index contributed by atoms with van der Waals surface area (Å²) in [5, 5.41) is 12.3. The summed E-state index contributed by atoms with van der Waals surface area (Å²) in [4.78, 5) is 21.4. The molecular formula is C23H26N6O. The number of fused-ring (bicyclic) bond motifs is 1. The number of nitrogens with zero attached hydrogens (tertiary/aromatic N) is 3. The van der Waals surface area contributed by atoms with Crippen LogP contribution in [0.3, 0.4) is 0 Å². The Bertz CT molecular complexity index is 997. The van der Waals surface area contributed by atoms with Crippen molar-refractivity contribution in [3.8, 4) is 6.07 Å². The molecule has 0 radical (unpaired) electrons. The van der Waals surface area contributed by atoms with Gasteiger partial charge in [-0.2, -0.15) is 5.26 Å². The topological polar surface area (TPSA) is 103 Å². The van der Waals surface area contributed by atoms with Crippen LogP contribution in [0.25, 0.3) is 6.08 Å². The highest BCUT2D eigenvalue weighted by Crippen LogP contribution is 2.31. The fraction of sp³-hybridized carbons (Fsp3) is 0.391. The Morgan fingerprint density at radius 2 is 2.10 bits per heavy atom. The quantitative estimate of drug-likeness (QED) is 0.726. The predicted molar refractivity (Wildman–Crippen MR) is 114 cm³/mol. The van der Waals surface area contributed by atoms with Crippen molar-refractivity contribution in [3.05, 3.63) is 64.7 Å². The van der Waals surface area contributed by atoms with Crippen molar-refractivity contribution in [2.45, 2.75) is 51.2 Å². The highest BCUT2D eigenvalue weighted by molar-refractivity contribution is 5.94. The van der Waals surface area contributed by atoms with Crippen LogP contribution in [0.2, 0.25) is 0 Å². The molecule has 154 valence electrons. The number of rotatable bonds is 4. The van der Waals surface area contributed by atoms with Gasteiger partial charge in [0.25, 0.3) is 5.91 Å². The minimum Gasteiger partial charge on any atom is -0.348 e. The molecule has 30 heavy (non-hydrogen) atoms. The van der Waals surface area contributed by atoms with E-state index >= 15 is 0 Å². The molecule has 1 aliphatic carbocycles. The van der Waals surface area contributed by atoms with E-state index in [1.807, 2.05) is 38.1 Å². The number of pyridine rings is 2. The van der Waals surface area contributed by atoms with Gasteiger partial charge in [-0.25, -0.2) is 4.98 Å². The molecule has 1 saturated heterocycles. The molecule has 2 aromatic heterocycles. The van der Waals surface area contributed by atoms with Gasteiger partial charge in [0.2, 0.25) is 0 Å². The molecule has 0 spiro atoms. The Balaban J connectivity index is 1.42. The van der Waals surface area contributed by atoms with Gasteiger partial charge in [0.1, 0.15) is 11.8 Å². The normalized spacial score (nSPS) is 25.6. The lowest BCUT2D eigenvalue weighted by molar-refractivity contribution is 0.0910. The van der Waals surface area contributed by atoms with Crippen molar-refractivity contribution in [1.29, 1.82) is 5.26 Å². The Kier molecular flexibility index (Phi) is 5.88. The van der Waals surface area contributed by atoms with Gasteiger partial charge in [0.15, 0.2) is 0 Å². The van der Waals surface area contributed by atoms with Crippen molar-refractivity contribution >= 4 is 12.0 Å². The molecule has 3 N–H and O–H groups in total. The maximum Gasteiger partial charge on any atom is 0.270 e. The monoisotopic (exact) mass is 402 g/mol. The lowest BCUT2D eigenvalue weighted by Gasteiger charge is -2.33. The van der Waals surface area contributed by atoms with Crippen LogP contribution in [0.15, 0.2) is 36.7 Å². The van der Waals surface area contributed by atoms with Gasteiger partial charge in [0, 0.05) is 30.5 Å². The number of carbonyl (C=O) groups excluding carboxylic acids is 1. The largest absolute Gasteiger partial charge is 0.348 e. The van der Waals surface area contributed by atoms with Gasteiger partial charge in [-0.15, -0.1) is 0 Å². The van der Waals surface area contributed by atoms with Crippen LogP contribution in [-0.4, -0.2) is 34.0 Å². The number of hydrogen-bond donors (Lipinski definition) is 3. The van der Waals surface area contributed by atoms with Crippen molar-refractivity contribution in [1.82, 2.24) is 26.1 Å². The first-order valence-electron chi connectivity index (χ1n) is 10.3. The maximum absolute atomic E-state index is 12.9. The van der Waals surface area contributed by atoms with E-state index in [9.17, 15) is 4.79 Å². The summed E-state index contributed by atoms with van der Waals surface area (Å²) in [5.74, 6) is 0.226. The van der Waals surface area contributed by atoms with Crippen LogP contribution < -0.4 is 16.2 Å². The molecular weight excluding hydrogens is 376 g/mol. The van der Waals surface area contributed by atoms with Crippen molar-refractivity contribution in [3.63, 3.8) is 0 Å². The number of amides is 1. The molecule has 0 bridgehead atoms. The number of nitriles is 1. The third kappa shape index (κ3) is 4.11. The molecule has 1 amide bonds. The van der Waals surface area contributed by atoms with Gasteiger partial charge in [0.05, 0.1) is 11.3 Å². The minimum atomic E-state index is -0.164. The number of nitrogens with one attached hydrogen (secondary N) is 3. The minimum absolute atomic E-state index is 0.100. The standard InChI is InChI=1S/C23H26N6O/c1-14-15(2)22(26-13-16(14)12-24)23(30)27-18-7-9-21-19(11-18)20(28-29-21)8-6-17-5-3-4-10-25-17/h3-6,8,10,13,18-21,28-29H,7,9,11H2,1-2H3,(H,27,30)/b8-6+. The lowest BCUT2D eigenvalue weighted by Crippen LogP contribution is -2.45. The van der Waals surface area contributed by atoms with E-state index in [-0.39, 0.29) is 18.0 Å². The molecule has 4 unspecified atom stereocenters. The van der Waals surface area contributed by atoms with Gasteiger partial charge in [-0.1, -0.05) is 12.1 Å². The zero-order valence-electron chi connectivity index (χ0n) is 17.2. The second-order valence-corrected chi connectivity index (χ2v) is 8.06. The van der Waals surface area contributed by atoms with Gasteiger partial charge in [-0.05, 0) is 68.4 Å². The van der Waals surface area contributed by atoms with E-state index < -0.39 is 0 Å². The molecule has 0 aromatic carbocycles. The van der Waals surface area contributed by atoms with Crippen molar-refractivity contribution in [2.24, 2.45) is 5.92 Å². The summed E-state index contributed by atoms with van der Waals surface area (Å²) in [6, 6.07) is 8.67. The van der Waals surface area contributed by atoms with Crippen LogP contribution in [-0.2, 0) is 0 Å². The first kappa shape index (κ1) is 20.2. The zero-order valence-corrected chi connectivity index (χ0v) is 17.2. The highest BCUT2D eigenvalue weighted by Gasteiger charge is 2.39. The number of hydrogen-bond acceptors (Lipinski definition) is 6. The first-order chi connectivity index (χ1) is 14.6. The van der Waals surface area contributed by atoms with E-state index in [2.05, 4.69) is 38.3 Å². The van der Waals surface area contributed by atoms with E-state index in [0.29, 0.717) is 23.2 Å². The molecule has 2 aliphatic rings. The Hall–Kier alpha value is -3.08. The Morgan fingerprint density at radius 3 is 2.87 bits per heavy atom. The maximum atomic E-state index is 12.9. The van der Waals surface area contributed by atoms with Gasteiger partial charge >= 0.3 is 0 Å². The fourth-order valence-corrected chi connectivity index (χ4v) is 4.39. The van der Waals surface area contributed by atoms with Crippen LogP contribution >= 0.6 is 0 Å². The predicted octanol–water partition coefficient (Wildman–Crippen LogP) is 2.42. The van der Waals surface area contributed by atoms with Crippen molar-refractivity contribution in [2.75, 3.05) is 0 Å². The molecule has 4 atom stereocenters. The smallest absolute Gasteiger partial charge is 0.270 e. The van der Waals surface area contributed by atoms with E-state index in [0.717, 1.165) is 36.1 Å². The fourth-order valence-electron chi connectivity index (χ4n) is 4.39.